The van der Waals surface area contributed by atoms with Crippen molar-refractivity contribution in [1.82, 2.24) is 19.1 Å². The van der Waals surface area contributed by atoms with Gasteiger partial charge >= 0.3 is 17.3 Å². The molecule has 0 aliphatic heterocycles. The van der Waals surface area contributed by atoms with E-state index in [1.165, 1.54) is 11.7 Å². The number of esters is 1. The molecule has 212 valence electrons. The summed E-state index contributed by atoms with van der Waals surface area (Å²) >= 11 is 0. The lowest BCUT2D eigenvalue weighted by Gasteiger charge is -2.18. The van der Waals surface area contributed by atoms with E-state index < -0.39 is 22.8 Å². The van der Waals surface area contributed by atoms with Crippen LogP contribution >= 0.6 is 0 Å². The predicted octanol–water partition coefficient (Wildman–Crippen LogP) is 3.79. The Balaban J connectivity index is 1.43. The summed E-state index contributed by atoms with van der Waals surface area (Å²) in [6.07, 6.45) is 1.09. The fraction of sp³-hybridized carbons (Fsp3) is 0.300. The Morgan fingerprint density at radius 3 is 2.34 bits per heavy atom. The molecule has 2 aromatic carbocycles. The summed E-state index contributed by atoms with van der Waals surface area (Å²) in [5.74, 6) is 0.634. The summed E-state index contributed by atoms with van der Waals surface area (Å²) in [5.41, 5.74) is 1.10. The Kier molecular flexibility index (Phi) is 7.97. The molecule has 11 nitrogen and oxygen atoms in total. The molecule has 1 N–H and O–H groups in total. The van der Waals surface area contributed by atoms with E-state index in [2.05, 4.69) is 15.3 Å². The molecule has 1 saturated carbocycles. The monoisotopic (exact) mass is 557 g/mol. The van der Waals surface area contributed by atoms with E-state index in [1.807, 2.05) is 43.3 Å². The first-order chi connectivity index (χ1) is 19.8. The van der Waals surface area contributed by atoms with Crippen molar-refractivity contribution in [3.8, 4) is 11.6 Å². The largest absolute Gasteiger partial charge is 0.469 e. The number of anilines is 2. The van der Waals surface area contributed by atoms with Crippen molar-refractivity contribution in [2.24, 2.45) is 5.41 Å². The van der Waals surface area contributed by atoms with Gasteiger partial charge in [0.2, 0.25) is 11.8 Å². The predicted molar refractivity (Wildman–Crippen MR) is 151 cm³/mol. The zero-order valence-corrected chi connectivity index (χ0v) is 23.1. The van der Waals surface area contributed by atoms with Crippen molar-refractivity contribution in [1.29, 1.82) is 0 Å². The second-order valence-electron chi connectivity index (χ2n) is 10.1. The minimum atomic E-state index is -0.871. The summed E-state index contributed by atoms with van der Waals surface area (Å²) in [6, 6.07) is 20.1. The Labute approximate surface area is 236 Å². The minimum Gasteiger partial charge on any atom is -0.469 e. The number of nitrogens with zero attached hydrogens (tertiary/aromatic N) is 4. The van der Waals surface area contributed by atoms with Gasteiger partial charge in [-0.3, -0.25) is 9.36 Å². The molecular weight excluding hydrogens is 526 g/mol. The van der Waals surface area contributed by atoms with Gasteiger partial charge in [-0.1, -0.05) is 35.9 Å². The maximum Gasteiger partial charge on any atom is 0.354 e. The smallest absolute Gasteiger partial charge is 0.354 e. The summed E-state index contributed by atoms with van der Waals surface area (Å²) in [4.78, 5) is 47.7. The van der Waals surface area contributed by atoms with Crippen molar-refractivity contribution >= 4 is 17.6 Å². The molecule has 0 radical (unpaired) electrons. The average Bonchev–Trinajstić information content (AvgIpc) is 3.76. The molecule has 41 heavy (non-hydrogen) atoms. The molecule has 4 aromatic rings. The first-order valence-corrected chi connectivity index (χ1v) is 13.2. The van der Waals surface area contributed by atoms with Crippen LogP contribution < -0.4 is 21.4 Å². The molecule has 0 unspecified atom stereocenters. The lowest BCUT2D eigenvalue weighted by molar-refractivity contribution is -0.147. The zero-order chi connectivity index (χ0) is 29.0. The molecule has 1 aliphatic carbocycles. The normalized spacial score (nSPS) is 13.4. The molecular formula is C30H31N5O6. The number of rotatable bonds is 11. The lowest BCUT2D eigenvalue weighted by Crippen LogP contribution is -2.45. The van der Waals surface area contributed by atoms with Crippen LogP contribution in [-0.4, -0.2) is 39.3 Å². The Hall–Kier alpha value is -4.77. The Morgan fingerprint density at radius 1 is 0.951 bits per heavy atom. The van der Waals surface area contributed by atoms with Crippen LogP contribution in [-0.2, 0) is 34.0 Å². The van der Waals surface area contributed by atoms with Gasteiger partial charge in [0.05, 0.1) is 31.4 Å². The number of ether oxygens (including phenoxy) is 3. The van der Waals surface area contributed by atoms with Crippen LogP contribution in [0.5, 0.6) is 11.6 Å². The van der Waals surface area contributed by atoms with E-state index >= 15 is 0 Å². The fourth-order valence-corrected chi connectivity index (χ4v) is 4.47. The molecule has 1 aliphatic rings. The maximum atomic E-state index is 13.7. The van der Waals surface area contributed by atoms with E-state index in [0.29, 0.717) is 36.8 Å². The van der Waals surface area contributed by atoms with Crippen molar-refractivity contribution in [3.63, 3.8) is 0 Å². The van der Waals surface area contributed by atoms with E-state index in [-0.39, 0.29) is 19.0 Å². The third-order valence-corrected chi connectivity index (χ3v) is 6.95. The third-order valence-electron chi connectivity index (χ3n) is 6.95. The van der Waals surface area contributed by atoms with Crippen LogP contribution in [0.3, 0.4) is 0 Å². The standard InChI is InChI=1S/C30H31N5O6/c1-20-7-9-21(10-8-20)17-34-27(33-28(37)35(29(34)38)19-30(15-16-30)26(36)40-3)32-22-11-13-24(14-12-22)41-25-6-4-5-23(31-25)18-39-2/h4-14H,15-19H2,1-3H3,(H,32,33,37). The van der Waals surface area contributed by atoms with Gasteiger partial charge in [-0.25, -0.2) is 19.1 Å². The second kappa shape index (κ2) is 11.8. The fourth-order valence-electron chi connectivity index (χ4n) is 4.47. The van der Waals surface area contributed by atoms with Gasteiger partial charge in [0.25, 0.3) is 0 Å². The number of carbonyl (C=O) groups excluding carboxylic acids is 1. The lowest BCUT2D eigenvalue weighted by atomic mass is 10.1. The van der Waals surface area contributed by atoms with Crippen molar-refractivity contribution < 1.29 is 19.0 Å². The van der Waals surface area contributed by atoms with Crippen molar-refractivity contribution in [2.75, 3.05) is 19.5 Å². The quantitative estimate of drug-likeness (QED) is 0.274. The topological polar surface area (TPSA) is 127 Å². The second-order valence-corrected chi connectivity index (χ2v) is 10.1. The number of methoxy groups -OCH3 is 2. The highest BCUT2D eigenvalue weighted by Gasteiger charge is 2.52. The summed E-state index contributed by atoms with van der Waals surface area (Å²) in [5, 5.41) is 3.10. The maximum absolute atomic E-state index is 13.7. The molecule has 0 bridgehead atoms. The number of aromatic nitrogens is 4. The third kappa shape index (κ3) is 6.36. The van der Waals surface area contributed by atoms with E-state index in [4.69, 9.17) is 14.2 Å². The van der Waals surface area contributed by atoms with Crippen LogP contribution in [0.25, 0.3) is 0 Å². The highest BCUT2D eigenvalue weighted by molar-refractivity contribution is 5.79. The minimum absolute atomic E-state index is 0.0792. The van der Waals surface area contributed by atoms with Crippen LogP contribution in [0.1, 0.15) is 29.7 Å². The molecule has 5 rings (SSSR count). The van der Waals surface area contributed by atoms with Crippen molar-refractivity contribution in [3.05, 3.63) is 105 Å². The van der Waals surface area contributed by atoms with Crippen LogP contribution in [0.2, 0.25) is 0 Å². The molecule has 2 heterocycles. The van der Waals surface area contributed by atoms with E-state index in [0.717, 1.165) is 21.4 Å². The molecule has 1 fully saturated rings. The molecule has 11 heteroatoms. The SMILES string of the molecule is COCc1cccc(Oc2ccc(Nc3nc(=O)n(CC4(C(=O)OC)CC4)c(=O)n3Cc3ccc(C)cc3)cc2)n1. The van der Waals surface area contributed by atoms with Crippen molar-refractivity contribution in [2.45, 2.75) is 39.5 Å². The average molecular weight is 558 g/mol. The molecule has 0 spiro atoms. The van der Waals surface area contributed by atoms with Crippen LogP contribution in [0.15, 0.2) is 76.3 Å². The summed E-state index contributed by atoms with van der Waals surface area (Å²) in [6.45, 7) is 2.45. The number of nitrogens with one attached hydrogen (secondary N) is 1. The number of benzene rings is 2. The van der Waals surface area contributed by atoms with Gasteiger partial charge in [0, 0.05) is 25.4 Å². The Bertz CT molecular complexity index is 1660. The number of hydrogen-bond donors (Lipinski definition) is 1. The number of aryl methyl sites for hydroxylation is 1. The molecule has 0 amide bonds. The summed E-state index contributed by atoms with van der Waals surface area (Å²) < 4.78 is 18.3. The summed E-state index contributed by atoms with van der Waals surface area (Å²) in [7, 11) is 2.90. The number of carbonyl (C=O) groups is 1. The first-order valence-electron chi connectivity index (χ1n) is 13.2. The van der Waals surface area contributed by atoms with Crippen LogP contribution in [0, 0.1) is 12.3 Å². The number of pyridine rings is 1. The first kappa shape index (κ1) is 27.8. The van der Waals surface area contributed by atoms with Gasteiger partial charge in [-0.2, -0.15) is 4.98 Å². The highest BCUT2D eigenvalue weighted by atomic mass is 16.5. The van der Waals surface area contributed by atoms with Gasteiger partial charge in [0.15, 0.2) is 0 Å². The van der Waals surface area contributed by atoms with Gasteiger partial charge in [0.1, 0.15) is 5.75 Å². The van der Waals surface area contributed by atoms with Gasteiger partial charge < -0.3 is 19.5 Å². The molecule has 0 atom stereocenters. The zero-order valence-electron chi connectivity index (χ0n) is 23.1. The molecule has 2 aromatic heterocycles. The van der Waals surface area contributed by atoms with E-state index in [9.17, 15) is 14.4 Å². The molecule has 0 saturated heterocycles. The van der Waals surface area contributed by atoms with E-state index in [1.54, 1.807) is 37.4 Å². The highest BCUT2D eigenvalue weighted by Crippen LogP contribution is 2.47. The van der Waals surface area contributed by atoms with Crippen LogP contribution in [0.4, 0.5) is 11.6 Å². The Morgan fingerprint density at radius 2 is 1.68 bits per heavy atom. The van der Waals surface area contributed by atoms with Gasteiger partial charge in [-0.15, -0.1) is 0 Å². The number of hydrogen-bond acceptors (Lipinski definition) is 9. The van der Waals surface area contributed by atoms with Gasteiger partial charge in [-0.05, 0) is 55.7 Å².